The standard InChI is InChI=1S/C22H18F3N7/c1-32-8-6-13-4-5-15(9-14(13)11-32)30-20-19-21(29-12-28-20)31-17(10-27-19)18-16(22(23,24)25)3-2-7-26-18/h2-5,7,9-10,12H,6,8,11H2,1H3,(H,28,29,30,31). The molecule has 0 saturated heterocycles. The first kappa shape index (κ1) is 20.3. The summed E-state index contributed by atoms with van der Waals surface area (Å²) in [4.78, 5) is 23.1. The monoisotopic (exact) mass is 437 g/mol. The normalized spacial score (nSPS) is 14.4. The largest absolute Gasteiger partial charge is 0.418 e. The Balaban J connectivity index is 1.51. The maximum absolute atomic E-state index is 13.4. The van der Waals surface area contributed by atoms with Crippen molar-refractivity contribution in [3.05, 3.63) is 65.7 Å². The highest BCUT2D eigenvalue weighted by Crippen LogP contribution is 2.35. The summed E-state index contributed by atoms with van der Waals surface area (Å²) in [6, 6.07) is 8.35. The van der Waals surface area contributed by atoms with Crippen molar-refractivity contribution in [2.24, 2.45) is 0 Å². The van der Waals surface area contributed by atoms with Gasteiger partial charge >= 0.3 is 6.18 Å². The lowest BCUT2D eigenvalue weighted by Gasteiger charge is -2.25. The molecule has 0 bridgehead atoms. The Kier molecular flexibility index (Phi) is 4.93. The molecule has 0 unspecified atom stereocenters. The molecule has 0 amide bonds. The van der Waals surface area contributed by atoms with Gasteiger partial charge in [0.05, 0.1) is 11.8 Å². The molecule has 7 nitrogen and oxygen atoms in total. The molecule has 5 rings (SSSR count). The minimum absolute atomic E-state index is 0.00751. The van der Waals surface area contributed by atoms with Gasteiger partial charge < -0.3 is 10.2 Å². The van der Waals surface area contributed by atoms with E-state index in [9.17, 15) is 13.2 Å². The molecular formula is C22H18F3N7. The van der Waals surface area contributed by atoms with E-state index in [2.05, 4.69) is 54.3 Å². The van der Waals surface area contributed by atoms with Crippen LogP contribution in [-0.2, 0) is 19.1 Å². The molecule has 162 valence electrons. The number of rotatable bonds is 3. The smallest absolute Gasteiger partial charge is 0.338 e. The summed E-state index contributed by atoms with van der Waals surface area (Å²) in [5, 5.41) is 3.24. The van der Waals surface area contributed by atoms with E-state index in [1.54, 1.807) is 0 Å². The lowest BCUT2D eigenvalue weighted by molar-refractivity contribution is -0.137. The molecule has 3 aromatic heterocycles. The van der Waals surface area contributed by atoms with Crippen molar-refractivity contribution in [3.8, 4) is 11.4 Å². The summed E-state index contributed by atoms with van der Waals surface area (Å²) in [6.07, 6.45) is 0.301. The lowest BCUT2D eigenvalue weighted by atomic mass is 9.99. The van der Waals surface area contributed by atoms with Crippen molar-refractivity contribution in [2.75, 3.05) is 18.9 Å². The molecule has 0 spiro atoms. The van der Waals surface area contributed by atoms with Crippen LogP contribution in [0.25, 0.3) is 22.6 Å². The van der Waals surface area contributed by atoms with E-state index in [4.69, 9.17) is 0 Å². The number of alkyl halides is 3. The first-order valence-corrected chi connectivity index (χ1v) is 9.96. The number of nitrogens with zero attached hydrogens (tertiary/aromatic N) is 6. The molecule has 0 saturated carbocycles. The number of anilines is 2. The van der Waals surface area contributed by atoms with Crippen LogP contribution >= 0.6 is 0 Å². The van der Waals surface area contributed by atoms with Crippen molar-refractivity contribution < 1.29 is 13.2 Å². The Morgan fingerprint density at radius 3 is 2.75 bits per heavy atom. The second-order valence-electron chi connectivity index (χ2n) is 7.64. The van der Waals surface area contributed by atoms with E-state index in [1.807, 2.05) is 6.07 Å². The Morgan fingerprint density at radius 1 is 1.03 bits per heavy atom. The molecule has 1 aromatic carbocycles. The van der Waals surface area contributed by atoms with Gasteiger partial charge in [-0.25, -0.2) is 19.9 Å². The number of hydrogen-bond acceptors (Lipinski definition) is 7. The Hall–Kier alpha value is -3.66. The summed E-state index contributed by atoms with van der Waals surface area (Å²) in [5.74, 6) is 0.426. The van der Waals surface area contributed by atoms with Crippen molar-refractivity contribution in [1.82, 2.24) is 29.8 Å². The average molecular weight is 437 g/mol. The van der Waals surface area contributed by atoms with Crippen LogP contribution in [0.15, 0.2) is 49.1 Å². The predicted molar refractivity (Wildman–Crippen MR) is 113 cm³/mol. The maximum atomic E-state index is 13.4. The minimum atomic E-state index is -4.56. The first-order chi connectivity index (χ1) is 15.4. The molecule has 0 atom stereocenters. The van der Waals surface area contributed by atoms with E-state index in [1.165, 1.54) is 35.9 Å². The van der Waals surface area contributed by atoms with Crippen molar-refractivity contribution in [1.29, 1.82) is 0 Å². The predicted octanol–water partition coefficient (Wildman–Crippen LogP) is 4.23. The van der Waals surface area contributed by atoms with Crippen molar-refractivity contribution >= 4 is 22.7 Å². The van der Waals surface area contributed by atoms with Crippen LogP contribution in [0.5, 0.6) is 0 Å². The molecular weight excluding hydrogens is 419 g/mol. The summed E-state index contributed by atoms with van der Waals surface area (Å²) in [5.41, 5.74) is 2.76. The van der Waals surface area contributed by atoms with Gasteiger partial charge in [0.25, 0.3) is 0 Å². The number of aromatic nitrogens is 5. The summed E-state index contributed by atoms with van der Waals surface area (Å²) in [6.45, 7) is 1.89. The van der Waals surface area contributed by atoms with Gasteiger partial charge in [-0.1, -0.05) is 6.07 Å². The fourth-order valence-corrected chi connectivity index (χ4v) is 3.80. The molecule has 1 aliphatic rings. The van der Waals surface area contributed by atoms with Gasteiger partial charge in [-0.3, -0.25) is 4.98 Å². The zero-order valence-corrected chi connectivity index (χ0v) is 17.1. The van der Waals surface area contributed by atoms with Gasteiger partial charge in [0.1, 0.15) is 17.7 Å². The molecule has 32 heavy (non-hydrogen) atoms. The fourth-order valence-electron chi connectivity index (χ4n) is 3.80. The topological polar surface area (TPSA) is 79.7 Å². The highest BCUT2D eigenvalue weighted by molar-refractivity contribution is 5.85. The van der Waals surface area contributed by atoms with Crippen LogP contribution in [0.2, 0.25) is 0 Å². The zero-order chi connectivity index (χ0) is 22.3. The highest BCUT2D eigenvalue weighted by Gasteiger charge is 2.34. The van der Waals surface area contributed by atoms with E-state index in [0.717, 1.165) is 31.3 Å². The first-order valence-electron chi connectivity index (χ1n) is 9.96. The Labute approximate surface area is 181 Å². The quantitative estimate of drug-likeness (QED) is 0.514. The van der Waals surface area contributed by atoms with Crippen LogP contribution in [0.3, 0.4) is 0 Å². The van der Waals surface area contributed by atoms with E-state index < -0.39 is 11.7 Å². The molecule has 0 radical (unpaired) electrons. The summed E-state index contributed by atoms with van der Waals surface area (Å²) in [7, 11) is 2.08. The third-order valence-electron chi connectivity index (χ3n) is 5.37. The highest BCUT2D eigenvalue weighted by atomic mass is 19.4. The molecule has 0 aliphatic carbocycles. The number of nitrogens with one attached hydrogen (secondary N) is 1. The Morgan fingerprint density at radius 2 is 1.91 bits per heavy atom. The van der Waals surface area contributed by atoms with Gasteiger partial charge in [0.2, 0.25) is 0 Å². The second kappa shape index (κ2) is 7.79. The second-order valence-corrected chi connectivity index (χ2v) is 7.64. The number of hydrogen-bond donors (Lipinski definition) is 1. The number of halogens is 3. The number of likely N-dealkylation sites (N-methyl/N-ethyl adjacent to an activating group) is 1. The van der Waals surface area contributed by atoms with Crippen molar-refractivity contribution in [3.63, 3.8) is 0 Å². The fraction of sp³-hybridized carbons (Fsp3) is 0.227. The van der Waals surface area contributed by atoms with Gasteiger partial charge in [-0.15, -0.1) is 0 Å². The van der Waals surface area contributed by atoms with Crippen LogP contribution < -0.4 is 5.32 Å². The average Bonchev–Trinajstić information content (AvgIpc) is 2.78. The van der Waals surface area contributed by atoms with Gasteiger partial charge in [0.15, 0.2) is 17.0 Å². The molecule has 4 heterocycles. The lowest BCUT2D eigenvalue weighted by Crippen LogP contribution is -2.26. The van der Waals surface area contributed by atoms with Crippen LogP contribution in [0.1, 0.15) is 16.7 Å². The molecule has 4 aromatic rings. The van der Waals surface area contributed by atoms with Gasteiger partial charge in [0, 0.05) is 25.0 Å². The van der Waals surface area contributed by atoms with E-state index in [0.29, 0.717) is 11.3 Å². The third-order valence-corrected chi connectivity index (χ3v) is 5.37. The third kappa shape index (κ3) is 3.84. The van der Waals surface area contributed by atoms with Crippen molar-refractivity contribution in [2.45, 2.75) is 19.1 Å². The van der Waals surface area contributed by atoms with E-state index >= 15 is 0 Å². The zero-order valence-electron chi connectivity index (χ0n) is 17.1. The molecule has 1 N–H and O–H groups in total. The summed E-state index contributed by atoms with van der Waals surface area (Å²) >= 11 is 0. The van der Waals surface area contributed by atoms with Crippen LogP contribution in [0, 0.1) is 0 Å². The maximum Gasteiger partial charge on any atom is 0.418 e. The van der Waals surface area contributed by atoms with Crippen LogP contribution in [-0.4, -0.2) is 43.4 Å². The molecule has 1 aliphatic heterocycles. The van der Waals surface area contributed by atoms with Crippen LogP contribution in [0.4, 0.5) is 24.7 Å². The number of pyridine rings is 1. The van der Waals surface area contributed by atoms with E-state index in [-0.39, 0.29) is 17.0 Å². The minimum Gasteiger partial charge on any atom is -0.338 e. The SMILES string of the molecule is CN1CCc2ccc(Nc3ncnc4nc(-c5ncccc5C(F)(F)F)cnc34)cc2C1. The molecule has 0 fully saturated rings. The number of benzene rings is 1. The molecule has 10 heteroatoms. The summed E-state index contributed by atoms with van der Waals surface area (Å²) < 4.78 is 40.1. The Bertz CT molecular complexity index is 1310. The number of fused-ring (bicyclic) bond motifs is 2. The van der Waals surface area contributed by atoms with Gasteiger partial charge in [-0.2, -0.15) is 13.2 Å². The van der Waals surface area contributed by atoms with Gasteiger partial charge in [-0.05, 0) is 48.9 Å².